The summed E-state index contributed by atoms with van der Waals surface area (Å²) in [5.74, 6) is 0.433. The fourth-order valence-electron chi connectivity index (χ4n) is 4.78. The molecule has 6 heteroatoms. The number of esters is 1. The van der Waals surface area contributed by atoms with Crippen LogP contribution in [0.5, 0.6) is 0 Å². The van der Waals surface area contributed by atoms with Gasteiger partial charge in [0, 0.05) is 43.9 Å². The molecule has 0 spiro atoms. The molecule has 0 radical (unpaired) electrons. The Balaban J connectivity index is 1.27. The van der Waals surface area contributed by atoms with Gasteiger partial charge in [-0.3, -0.25) is 4.79 Å². The van der Waals surface area contributed by atoms with Crippen molar-refractivity contribution in [2.45, 2.75) is 32.1 Å². The first-order chi connectivity index (χ1) is 15.2. The van der Waals surface area contributed by atoms with Crippen LogP contribution in [0.4, 0.5) is 0 Å². The van der Waals surface area contributed by atoms with Gasteiger partial charge >= 0.3 is 5.97 Å². The number of amides is 1. The molecule has 0 aromatic heterocycles. The van der Waals surface area contributed by atoms with Crippen molar-refractivity contribution in [3.63, 3.8) is 0 Å². The molecule has 1 saturated heterocycles. The van der Waals surface area contributed by atoms with Gasteiger partial charge in [-0.15, -0.1) is 0 Å². The van der Waals surface area contributed by atoms with E-state index in [9.17, 15) is 9.59 Å². The third kappa shape index (κ3) is 4.07. The van der Waals surface area contributed by atoms with E-state index in [1.54, 1.807) is 6.20 Å². The Kier molecular flexibility index (Phi) is 5.45. The first-order valence-corrected chi connectivity index (χ1v) is 11.2. The Morgan fingerprint density at radius 3 is 2.52 bits per heavy atom. The van der Waals surface area contributed by atoms with Crippen LogP contribution < -0.4 is 0 Å². The average Bonchev–Trinajstić information content (AvgIpc) is 3.19. The fourth-order valence-corrected chi connectivity index (χ4v) is 4.78. The molecule has 0 bridgehead atoms. The maximum absolute atomic E-state index is 12.8. The summed E-state index contributed by atoms with van der Waals surface area (Å²) in [6, 6.07) is 13.9. The molecule has 0 N–H and O–H groups in total. The van der Waals surface area contributed by atoms with Crippen molar-refractivity contribution < 1.29 is 14.3 Å². The van der Waals surface area contributed by atoms with Crippen LogP contribution >= 0.6 is 0 Å². The molecule has 1 amide bonds. The number of hydrogen-bond acceptors (Lipinski definition) is 5. The largest absolute Gasteiger partial charge is 0.402 e. The highest BCUT2D eigenvalue weighted by molar-refractivity contribution is 6.16. The summed E-state index contributed by atoms with van der Waals surface area (Å²) >= 11 is 0. The van der Waals surface area contributed by atoms with E-state index in [0.29, 0.717) is 43.7 Å². The van der Waals surface area contributed by atoms with Crippen LogP contribution in [0.15, 0.2) is 59.4 Å². The van der Waals surface area contributed by atoms with Crippen LogP contribution in [-0.4, -0.2) is 53.8 Å². The Morgan fingerprint density at radius 1 is 0.968 bits per heavy atom. The predicted molar refractivity (Wildman–Crippen MR) is 119 cm³/mol. The molecular formula is C25H27N3O3. The number of aliphatic imine (C=N–C) groups is 1. The Bertz CT molecular complexity index is 1060. The van der Waals surface area contributed by atoms with Crippen molar-refractivity contribution in [2.75, 3.05) is 26.2 Å². The lowest BCUT2D eigenvalue weighted by Gasteiger charge is -2.36. The molecule has 1 aliphatic carbocycles. The highest BCUT2D eigenvalue weighted by Crippen LogP contribution is 2.27. The second kappa shape index (κ2) is 8.53. The van der Waals surface area contributed by atoms with Crippen molar-refractivity contribution in [1.82, 2.24) is 9.80 Å². The van der Waals surface area contributed by atoms with E-state index < -0.39 is 5.97 Å². The van der Waals surface area contributed by atoms with Gasteiger partial charge in [-0.25, -0.2) is 9.79 Å². The van der Waals surface area contributed by atoms with Gasteiger partial charge in [-0.05, 0) is 29.7 Å². The number of fused-ring (bicyclic) bond motifs is 1. The number of nitrogens with zero attached hydrogens (tertiary/aromatic N) is 3. The number of piperazine rings is 1. The molecular weight excluding hydrogens is 390 g/mol. The Morgan fingerprint density at radius 2 is 1.71 bits per heavy atom. The molecule has 2 aliphatic heterocycles. The third-order valence-corrected chi connectivity index (χ3v) is 6.53. The van der Waals surface area contributed by atoms with E-state index in [0.717, 1.165) is 29.2 Å². The second-order valence-electron chi connectivity index (χ2n) is 8.54. The van der Waals surface area contributed by atoms with Crippen LogP contribution in [0.1, 0.15) is 37.7 Å². The maximum Gasteiger partial charge on any atom is 0.365 e. The van der Waals surface area contributed by atoms with Gasteiger partial charge in [0.05, 0.1) is 0 Å². The molecule has 5 rings (SSSR count). The summed E-state index contributed by atoms with van der Waals surface area (Å²) in [6.45, 7) is 2.78. The molecule has 2 heterocycles. The lowest BCUT2D eigenvalue weighted by Crippen LogP contribution is -2.49. The molecule has 2 aromatic carbocycles. The second-order valence-corrected chi connectivity index (χ2v) is 8.54. The smallest absolute Gasteiger partial charge is 0.365 e. The Hall–Kier alpha value is -3.15. The summed E-state index contributed by atoms with van der Waals surface area (Å²) in [4.78, 5) is 33.8. The predicted octanol–water partition coefficient (Wildman–Crippen LogP) is 3.71. The number of hydrogen-bond donors (Lipinski definition) is 0. The summed E-state index contributed by atoms with van der Waals surface area (Å²) in [6.07, 6.45) is 7.43. The van der Waals surface area contributed by atoms with E-state index in [2.05, 4.69) is 9.89 Å². The van der Waals surface area contributed by atoms with Crippen LogP contribution in [0, 0.1) is 5.92 Å². The van der Waals surface area contributed by atoms with Crippen LogP contribution in [0.25, 0.3) is 10.8 Å². The van der Waals surface area contributed by atoms with E-state index in [1.807, 2.05) is 47.4 Å². The molecule has 160 valence electrons. The molecule has 6 nitrogen and oxygen atoms in total. The highest BCUT2D eigenvalue weighted by atomic mass is 16.6. The molecule has 0 atom stereocenters. The summed E-state index contributed by atoms with van der Waals surface area (Å²) in [7, 11) is 0. The normalized spacial score (nSPS) is 21.5. The Labute approximate surface area is 182 Å². The van der Waals surface area contributed by atoms with Crippen molar-refractivity contribution in [3.8, 4) is 0 Å². The van der Waals surface area contributed by atoms with Gasteiger partial charge in [0.25, 0.3) is 0 Å². The van der Waals surface area contributed by atoms with Gasteiger partial charge in [0.2, 0.25) is 11.8 Å². The fraction of sp³-hybridized carbons (Fsp3) is 0.400. The molecule has 1 saturated carbocycles. The van der Waals surface area contributed by atoms with E-state index in [-0.39, 0.29) is 5.92 Å². The summed E-state index contributed by atoms with van der Waals surface area (Å²) in [5, 5.41) is 2.09. The molecule has 2 fully saturated rings. The van der Waals surface area contributed by atoms with E-state index in [1.165, 1.54) is 19.3 Å². The zero-order chi connectivity index (χ0) is 21.2. The monoisotopic (exact) mass is 417 g/mol. The van der Waals surface area contributed by atoms with Crippen molar-refractivity contribution in [2.24, 2.45) is 10.9 Å². The third-order valence-electron chi connectivity index (χ3n) is 6.53. The van der Waals surface area contributed by atoms with Gasteiger partial charge < -0.3 is 14.5 Å². The minimum Gasteiger partial charge on any atom is -0.402 e. The van der Waals surface area contributed by atoms with Crippen molar-refractivity contribution in [3.05, 3.63) is 59.9 Å². The molecule has 2 aromatic rings. The topological polar surface area (TPSA) is 62.2 Å². The molecule has 3 aliphatic rings. The quantitative estimate of drug-likeness (QED) is 0.564. The van der Waals surface area contributed by atoms with E-state index in [4.69, 9.17) is 4.74 Å². The number of cyclic esters (lactones) is 1. The maximum atomic E-state index is 12.8. The lowest BCUT2D eigenvalue weighted by atomic mass is 9.88. The minimum atomic E-state index is -0.427. The van der Waals surface area contributed by atoms with Crippen LogP contribution in [0.2, 0.25) is 0 Å². The van der Waals surface area contributed by atoms with Crippen molar-refractivity contribution in [1.29, 1.82) is 0 Å². The van der Waals surface area contributed by atoms with Crippen LogP contribution in [0.3, 0.4) is 0 Å². The number of rotatable bonds is 3. The SMILES string of the molecule is O=C1OC(c2cccc3ccccc23)=N/C1=C/N1CCN(C(=O)C2CCCCC2)CC1. The number of ether oxygens (including phenoxy) is 1. The van der Waals surface area contributed by atoms with Gasteiger partial charge in [-0.1, -0.05) is 55.7 Å². The van der Waals surface area contributed by atoms with Gasteiger partial charge in [-0.2, -0.15) is 0 Å². The zero-order valence-electron chi connectivity index (χ0n) is 17.6. The van der Waals surface area contributed by atoms with E-state index >= 15 is 0 Å². The molecule has 0 unspecified atom stereocenters. The zero-order valence-corrected chi connectivity index (χ0v) is 17.6. The summed E-state index contributed by atoms with van der Waals surface area (Å²) < 4.78 is 5.50. The van der Waals surface area contributed by atoms with Crippen molar-refractivity contribution >= 4 is 28.5 Å². The first-order valence-electron chi connectivity index (χ1n) is 11.2. The first kappa shape index (κ1) is 19.8. The van der Waals surface area contributed by atoms with Gasteiger partial charge in [0.1, 0.15) is 0 Å². The molecule has 31 heavy (non-hydrogen) atoms. The van der Waals surface area contributed by atoms with Crippen LogP contribution in [-0.2, 0) is 14.3 Å². The standard InChI is InChI=1S/C25H27N3O3/c29-24(19-8-2-1-3-9-19)28-15-13-27(14-16-28)17-22-25(30)31-23(26-22)21-12-6-10-18-7-4-5-11-20(18)21/h4-7,10-12,17,19H,1-3,8-9,13-16H2/b22-17+. The highest BCUT2D eigenvalue weighted by Gasteiger charge is 2.30. The summed E-state index contributed by atoms with van der Waals surface area (Å²) in [5.41, 5.74) is 1.13. The lowest BCUT2D eigenvalue weighted by molar-refractivity contribution is -0.138. The number of benzene rings is 2. The average molecular weight is 418 g/mol. The number of carbonyl (C=O) groups is 2. The minimum absolute atomic E-state index is 0.205. The van der Waals surface area contributed by atoms with Gasteiger partial charge in [0.15, 0.2) is 5.70 Å². The number of carbonyl (C=O) groups excluding carboxylic acids is 2.